The zero-order chi connectivity index (χ0) is 14.5. The van der Waals surface area contributed by atoms with Crippen molar-refractivity contribution in [2.24, 2.45) is 0 Å². The van der Waals surface area contributed by atoms with Gasteiger partial charge in [0.15, 0.2) is 0 Å². The number of halogens is 1. The summed E-state index contributed by atoms with van der Waals surface area (Å²) in [6, 6.07) is 1.76. The van der Waals surface area contributed by atoms with Crippen LogP contribution in [0.5, 0.6) is 0 Å². The average Bonchev–Trinajstić information content (AvgIpc) is 2.48. The maximum atomic E-state index is 12.6. The lowest BCUT2D eigenvalue weighted by Crippen LogP contribution is -2.47. The molecule has 1 aliphatic heterocycles. The minimum atomic E-state index is -0.310. The third kappa shape index (κ3) is 3.47. The normalized spacial score (nSPS) is 18.9. The first-order valence-corrected chi connectivity index (χ1v) is 7.36. The first kappa shape index (κ1) is 15.2. The highest BCUT2D eigenvalue weighted by atomic mass is 79.9. The fraction of sp³-hybridized carbons (Fsp3) is 0.538. The zero-order valence-electron chi connectivity index (χ0n) is 11.3. The topological polar surface area (TPSA) is 74.7 Å². The van der Waals surface area contributed by atoms with Gasteiger partial charge in [-0.1, -0.05) is 0 Å². The molecule has 0 radical (unpaired) electrons. The van der Waals surface area contributed by atoms with Crippen molar-refractivity contribution in [2.75, 3.05) is 38.2 Å². The number of pyridine rings is 1. The summed E-state index contributed by atoms with van der Waals surface area (Å²) in [6.07, 6.45) is 1.35. The van der Waals surface area contributed by atoms with Crippen molar-refractivity contribution in [2.45, 2.75) is 13.0 Å². The van der Waals surface area contributed by atoms with Crippen LogP contribution in [-0.4, -0.2) is 59.8 Å². The standard InChI is InChI=1S/C13H18BrN3O3/c1-2-15-12-11(5-9(14)6-16-12)13(19)17-3-4-20-10(7-17)8-18/h5-6,10,18H,2-4,7-8H2,1H3,(H,15,16). The van der Waals surface area contributed by atoms with Crippen molar-refractivity contribution in [1.82, 2.24) is 9.88 Å². The van der Waals surface area contributed by atoms with Gasteiger partial charge in [-0.15, -0.1) is 0 Å². The highest BCUT2D eigenvalue weighted by Crippen LogP contribution is 2.21. The third-order valence-corrected chi connectivity index (χ3v) is 3.49. The van der Waals surface area contributed by atoms with Crippen LogP contribution in [0, 0.1) is 0 Å². The summed E-state index contributed by atoms with van der Waals surface area (Å²) in [5.41, 5.74) is 0.528. The highest BCUT2D eigenvalue weighted by Gasteiger charge is 2.26. The van der Waals surface area contributed by atoms with Crippen molar-refractivity contribution in [1.29, 1.82) is 0 Å². The van der Waals surface area contributed by atoms with Crippen LogP contribution in [0.2, 0.25) is 0 Å². The Morgan fingerprint density at radius 2 is 2.50 bits per heavy atom. The van der Waals surface area contributed by atoms with Gasteiger partial charge in [0.1, 0.15) is 5.82 Å². The number of nitrogens with one attached hydrogen (secondary N) is 1. The SMILES string of the molecule is CCNc1ncc(Br)cc1C(=O)N1CCOC(CO)C1. The molecule has 0 spiro atoms. The summed E-state index contributed by atoms with van der Waals surface area (Å²) < 4.78 is 6.12. The van der Waals surface area contributed by atoms with Gasteiger partial charge in [0.05, 0.1) is 24.9 Å². The zero-order valence-corrected chi connectivity index (χ0v) is 12.9. The molecule has 1 atom stereocenters. The maximum absolute atomic E-state index is 12.6. The van der Waals surface area contributed by atoms with Crippen LogP contribution >= 0.6 is 15.9 Å². The van der Waals surface area contributed by atoms with Gasteiger partial charge in [-0.3, -0.25) is 4.79 Å². The molecule has 0 aliphatic carbocycles. The molecule has 110 valence electrons. The van der Waals surface area contributed by atoms with E-state index in [1.165, 1.54) is 0 Å². The number of carbonyl (C=O) groups excluding carboxylic acids is 1. The van der Waals surface area contributed by atoms with Gasteiger partial charge in [-0.05, 0) is 28.9 Å². The molecule has 20 heavy (non-hydrogen) atoms. The number of amides is 1. The van der Waals surface area contributed by atoms with Gasteiger partial charge >= 0.3 is 0 Å². The number of morpholine rings is 1. The smallest absolute Gasteiger partial charge is 0.257 e. The molecule has 2 N–H and O–H groups in total. The number of ether oxygens (including phenoxy) is 1. The van der Waals surface area contributed by atoms with Crippen LogP contribution in [0.4, 0.5) is 5.82 Å². The van der Waals surface area contributed by atoms with E-state index < -0.39 is 0 Å². The molecule has 1 aliphatic rings. The number of rotatable bonds is 4. The van der Waals surface area contributed by atoms with Crippen LogP contribution in [-0.2, 0) is 4.74 Å². The van der Waals surface area contributed by atoms with E-state index >= 15 is 0 Å². The van der Waals surface area contributed by atoms with E-state index in [0.717, 1.165) is 4.47 Å². The van der Waals surface area contributed by atoms with Gasteiger partial charge in [-0.25, -0.2) is 4.98 Å². The van der Waals surface area contributed by atoms with Crippen LogP contribution in [0.15, 0.2) is 16.7 Å². The van der Waals surface area contributed by atoms with Crippen LogP contribution < -0.4 is 5.32 Å². The first-order chi connectivity index (χ1) is 9.65. The Kier molecular flexibility index (Phi) is 5.33. The summed E-state index contributed by atoms with van der Waals surface area (Å²) in [5.74, 6) is 0.476. The largest absolute Gasteiger partial charge is 0.394 e. The molecule has 7 heteroatoms. The number of carbonyl (C=O) groups is 1. The second-order valence-electron chi connectivity index (χ2n) is 4.51. The van der Waals surface area contributed by atoms with Crippen molar-refractivity contribution in [3.8, 4) is 0 Å². The molecule has 2 rings (SSSR count). The van der Waals surface area contributed by atoms with Crippen molar-refractivity contribution < 1.29 is 14.6 Å². The summed E-state index contributed by atoms with van der Waals surface area (Å²) in [4.78, 5) is 18.5. The van der Waals surface area contributed by atoms with Gasteiger partial charge in [0.25, 0.3) is 5.91 Å². The van der Waals surface area contributed by atoms with E-state index in [1.807, 2.05) is 6.92 Å². The average molecular weight is 344 g/mol. The summed E-state index contributed by atoms with van der Waals surface area (Å²) in [6.45, 7) is 3.92. The number of aliphatic hydroxyl groups excluding tert-OH is 1. The number of anilines is 1. The van der Waals surface area contributed by atoms with Crippen molar-refractivity contribution >= 4 is 27.7 Å². The lowest BCUT2D eigenvalue weighted by molar-refractivity contribution is -0.0447. The van der Waals surface area contributed by atoms with Crippen LogP contribution in [0.3, 0.4) is 0 Å². The predicted octanol–water partition coefficient (Wildman–Crippen LogP) is 1.11. The number of aliphatic hydroxyl groups is 1. The van der Waals surface area contributed by atoms with E-state index in [4.69, 9.17) is 9.84 Å². The Balaban J connectivity index is 2.21. The quantitative estimate of drug-likeness (QED) is 0.856. The molecular weight excluding hydrogens is 326 g/mol. The maximum Gasteiger partial charge on any atom is 0.257 e. The molecule has 1 amide bonds. The fourth-order valence-corrected chi connectivity index (χ4v) is 2.43. The second-order valence-corrected chi connectivity index (χ2v) is 5.42. The van der Waals surface area contributed by atoms with Crippen LogP contribution in [0.25, 0.3) is 0 Å². The molecule has 2 heterocycles. The molecular formula is C13H18BrN3O3. The van der Waals surface area contributed by atoms with Crippen LogP contribution in [0.1, 0.15) is 17.3 Å². The Labute approximate surface area is 126 Å². The predicted molar refractivity (Wildman–Crippen MR) is 78.8 cm³/mol. The highest BCUT2D eigenvalue weighted by molar-refractivity contribution is 9.10. The number of hydrogen-bond donors (Lipinski definition) is 2. The molecule has 6 nitrogen and oxygen atoms in total. The molecule has 1 fully saturated rings. The number of nitrogens with zero attached hydrogens (tertiary/aromatic N) is 2. The molecule has 0 bridgehead atoms. The summed E-state index contributed by atoms with van der Waals surface area (Å²) in [5, 5.41) is 12.2. The van der Waals surface area contributed by atoms with Gasteiger partial charge in [0, 0.05) is 30.3 Å². The van der Waals surface area contributed by atoms with Gasteiger partial charge in [-0.2, -0.15) is 0 Å². The van der Waals surface area contributed by atoms with Gasteiger partial charge < -0.3 is 20.1 Å². The van der Waals surface area contributed by atoms with E-state index in [-0.39, 0.29) is 18.6 Å². The third-order valence-electron chi connectivity index (χ3n) is 3.06. The van der Waals surface area contributed by atoms with E-state index in [9.17, 15) is 4.79 Å². The molecule has 1 aromatic heterocycles. The van der Waals surface area contributed by atoms with E-state index in [0.29, 0.717) is 37.6 Å². The Bertz CT molecular complexity index is 484. The lowest BCUT2D eigenvalue weighted by atomic mass is 10.2. The van der Waals surface area contributed by atoms with Gasteiger partial charge in [0.2, 0.25) is 0 Å². The van der Waals surface area contributed by atoms with Crippen molar-refractivity contribution in [3.05, 3.63) is 22.3 Å². The number of hydrogen-bond acceptors (Lipinski definition) is 5. The second kappa shape index (κ2) is 7.01. The Hall–Kier alpha value is -1.18. The lowest BCUT2D eigenvalue weighted by Gasteiger charge is -2.32. The van der Waals surface area contributed by atoms with Crippen molar-refractivity contribution in [3.63, 3.8) is 0 Å². The first-order valence-electron chi connectivity index (χ1n) is 6.56. The summed E-state index contributed by atoms with van der Waals surface area (Å²) in [7, 11) is 0. The molecule has 0 saturated carbocycles. The minimum absolute atomic E-state index is 0.0828. The number of aromatic nitrogens is 1. The molecule has 0 aromatic carbocycles. The molecule has 1 aromatic rings. The van der Waals surface area contributed by atoms with E-state index in [2.05, 4.69) is 26.2 Å². The molecule has 1 unspecified atom stereocenters. The Morgan fingerprint density at radius 1 is 1.70 bits per heavy atom. The summed E-state index contributed by atoms with van der Waals surface area (Å²) >= 11 is 3.34. The molecule has 1 saturated heterocycles. The fourth-order valence-electron chi connectivity index (χ4n) is 2.10. The monoisotopic (exact) mass is 343 g/mol. The Morgan fingerprint density at radius 3 is 3.20 bits per heavy atom. The minimum Gasteiger partial charge on any atom is -0.394 e. The van der Waals surface area contributed by atoms with E-state index in [1.54, 1.807) is 17.2 Å².